The van der Waals surface area contributed by atoms with Gasteiger partial charge in [-0.3, -0.25) is 4.79 Å². The first-order chi connectivity index (χ1) is 15.0. The molecule has 0 saturated carbocycles. The maximum absolute atomic E-state index is 12.3. The Morgan fingerprint density at radius 1 is 1.06 bits per heavy atom. The van der Waals surface area contributed by atoms with Crippen molar-refractivity contribution in [3.63, 3.8) is 0 Å². The minimum atomic E-state index is -0.165. The number of carbonyl (C=O) groups is 1. The van der Waals surface area contributed by atoms with Crippen LogP contribution >= 0.6 is 0 Å². The highest BCUT2D eigenvalue weighted by molar-refractivity contribution is 6.02. The van der Waals surface area contributed by atoms with E-state index in [0.717, 1.165) is 36.5 Å². The molecule has 2 aromatic carbocycles. The van der Waals surface area contributed by atoms with Gasteiger partial charge in [-0.05, 0) is 79.6 Å². The molecule has 1 N–H and O–H groups in total. The molecule has 31 heavy (non-hydrogen) atoms. The summed E-state index contributed by atoms with van der Waals surface area (Å²) < 4.78 is 11.3. The van der Waals surface area contributed by atoms with Crippen molar-refractivity contribution in [1.82, 2.24) is 0 Å². The third-order valence-electron chi connectivity index (χ3n) is 5.42. The number of piperidine rings is 1. The number of benzene rings is 2. The summed E-state index contributed by atoms with van der Waals surface area (Å²) in [5, 5.41) is 2.92. The number of nitrogens with one attached hydrogen (secondary N) is 1. The molecule has 1 fully saturated rings. The van der Waals surface area contributed by atoms with E-state index >= 15 is 0 Å². The van der Waals surface area contributed by atoms with Gasteiger partial charge in [0, 0.05) is 30.5 Å². The van der Waals surface area contributed by atoms with Crippen LogP contribution in [0.3, 0.4) is 0 Å². The van der Waals surface area contributed by atoms with Crippen LogP contribution in [0.15, 0.2) is 48.5 Å². The summed E-state index contributed by atoms with van der Waals surface area (Å²) in [5.74, 6) is 1.81. The summed E-state index contributed by atoms with van der Waals surface area (Å²) in [7, 11) is 1.62. The second kappa shape index (κ2) is 11.4. The van der Waals surface area contributed by atoms with Crippen molar-refractivity contribution in [1.29, 1.82) is 0 Å². The van der Waals surface area contributed by atoms with Crippen LogP contribution in [0.25, 0.3) is 6.08 Å². The van der Waals surface area contributed by atoms with E-state index in [9.17, 15) is 4.79 Å². The van der Waals surface area contributed by atoms with Crippen molar-refractivity contribution in [2.45, 2.75) is 39.5 Å². The Bertz CT molecular complexity index is 869. The summed E-state index contributed by atoms with van der Waals surface area (Å²) in [6, 6.07) is 13.8. The van der Waals surface area contributed by atoms with Crippen molar-refractivity contribution >= 4 is 23.4 Å². The monoisotopic (exact) mass is 422 g/mol. The zero-order chi connectivity index (χ0) is 22.1. The normalized spacial score (nSPS) is 14.1. The number of hydrogen-bond donors (Lipinski definition) is 1. The fourth-order valence-corrected chi connectivity index (χ4v) is 3.58. The molecule has 0 atom stereocenters. The third-order valence-corrected chi connectivity index (χ3v) is 5.42. The van der Waals surface area contributed by atoms with Crippen LogP contribution in [-0.4, -0.2) is 32.7 Å². The predicted octanol–water partition coefficient (Wildman–Crippen LogP) is 5.76. The summed E-state index contributed by atoms with van der Waals surface area (Å²) in [5.41, 5.74) is 2.89. The minimum absolute atomic E-state index is 0.165. The lowest BCUT2D eigenvalue weighted by Crippen LogP contribution is -2.29. The van der Waals surface area contributed by atoms with Crippen LogP contribution in [0.1, 0.15) is 45.1 Å². The maximum atomic E-state index is 12.3. The number of ether oxygens (including phenoxy) is 2. The Morgan fingerprint density at radius 3 is 2.48 bits per heavy atom. The van der Waals surface area contributed by atoms with E-state index in [1.165, 1.54) is 31.0 Å². The summed E-state index contributed by atoms with van der Waals surface area (Å²) in [4.78, 5) is 14.7. The van der Waals surface area contributed by atoms with E-state index in [2.05, 4.69) is 36.2 Å². The highest BCUT2D eigenvalue weighted by Crippen LogP contribution is 2.29. The Labute approximate surface area is 186 Å². The molecule has 3 rings (SSSR count). The molecule has 0 unspecified atom stereocenters. The Morgan fingerprint density at radius 2 is 1.81 bits per heavy atom. The quantitative estimate of drug-likeness (QED) is 0.522. The van der Waals surface area contributed by atoms with Gasteiger partial charge in [0.05, 0.1) is 13.7 Å². The van der Waals surface area contributed by atoms with Crippen molar-refractivity contribution < 1.29 is 14.3 Å². The molecule has 5 heteroatoms. The van der Waals surface area contributed by atoms with Crippen LogP contribution in [0, 0.1) is 5.92 Å². The number of anilines is 2. The van der Waals surface area contributed by atoms with E-state index in [4.69, 9.17) is 9.47 Å². The van der Waals surface area contributed by atoms with Gasteiger partial charge in [-0.2, -0.15) is 0 Å². The lowest BCUT2D eigenvalue weighted by Gasteiger charge is -2.28. The molecule has 0 bridgehead atoms. The average Bonchev–Trinajstić information content (AvgIpc) is 2.79. The molecule has 1 amide bonds. The van der Waals surface area contributed by atoms with Crippen LogP contribution in [0.5, 0.6) is 11.5 Å². The smallest absolute Gasteiger partial charge is 0.248 e. The SMILES string of the molecule is COc1cc(C=CC(=O)Nc2ccc(N3CCCCC3)cc2)ccc1OCCC(C)C. The molecule has 1 aliphatic heterocycles. The van der Waals surface area contributed by atoms with E-state index < -0.39 is 0 Å². The van der Waals surface area contributed by atoms with Crippen molar-refractivity contribution in [3.8, 4) is 11.5 Å². The predicted molar refractivity (Wildman–Crippen MR) is 128 cm³/mol. The molecule has 5 nitrogen and oxygen atoms in total. The number of methoxy groups -OCH3 is 1. The highest BCUT2D eigenvalue weighted by Gasteiger charge is 2.11. The minimum Gasteiger partial charge on any atom is -0.493 e. The van der Waals surface area contributed by atoms with Crippen LogP contribution in [0.2, 0.25) is 0 Å². The zero-order valence-electron chi connectivity index (χ0n) is 18.9. The van der Waals surface area contributed by atoms with Gasteiger partial charge in [-0.15, -0.1) is 0 Å². The van der Waals surface area contributed by atoms with E-state index in [1.807, 2.05) is 30.3 Å². The second-order valence-electron chi connectivity index (χ2n) is 8.36. The molecule has 2 aromatic rings. The summed E-state index contributed by atoms with van der Waals surface area (Å²) in [6.45, 7) is 7.21. The van der Waals surface area contributed by atoms with Gasteiger partial charge >= 0.3 is 0 Å². The molecular formula is C26H34N2O3. The summed E-state index contributed by atoms with van der Waals surface area (Å²) in [6.07, 6.45) is 8.11. The molecule has 1 heterocycles. The molecule has 0 radical (unpaired) electrons. The number of amides is 1. The van der Waals surface area contributed by atoms with Crippen molar-refractivity contribution in [3.05, 3.63) is 54.1 Å². The van der Waals surface area contributed by atoms with Gasteiger partial charge in [0.25, 0.3) is 0 Å². The Balaban J connectivity index is 1.55. The van der Waals surface area contributed by atoms with Gasteiger partial charge in [0.1, 0.15) is 0 Å². The van der Waals surface area contributed by atoms with Crippen molar-refractivity contribution in [2.75, 3.05) is 37.0 Å². The Kier molecular flexibility index (Phi) is 8.39. The number of carbonyl (C=O) groups excluding carboxylic acids is 1. The summed E-state index contributed by atoms with van der Waals surface area (Å²) >= 11 is 0. The highest BCUT2D eigenvalue weighted by atomic mass is 16.5. The van der Waals surface area contributed by atoms with Crippen LogP contribution in [-0.2, 0) is 4.79 Å². The first-order valence-electron chi connectivity index (χ1n) is 11.2. The molecule has 0 spiro atoms. The lowest BCUT2D eigenvalue weighted by molar-refractivity contribution is -0.111. The van der Waals surface area contributed by atoms with E-state index in [1.54, 1.807) is 13.2 Å². The second-order valence-corrected chi connectivity index (χ2v) is 8.36. The first kappa shape index (κ1) is 22.7. The van der Waals surface area contributed by atoms with Gasteiger partial charge in [0.2, 0.25) is 5.91 Å². The molecule has 0 aliphatic carbocycles. The fourth-order valence-electron chi connectivity index (χ4n) is 3.58. The van der Waals surface area contributed by atoms with Gasteiger partial charge in [-0.25, -0.2) is 0 Å². The molecular weight excluding hydrogens is 388 g/mol. The number of rotatable bonds is 9. The lowest BCUT2D eigenvalue weighted by atomic mass is 10.1. The Hall–Kier alpha value is -2.95. The van der Waals surface area contributed by atoms with Crippen LogP contribution < -0.4 is 19.7 Å². The van der Waals surface area contributed by atoms with Gasteiger partial charge in [-0.1, -0.05) is 19.9 Å². The number of hydrogen-bond acceptors (Lipinski definition) is 4. The average molecular weight is 423 g/mol. The first-order valence-corrected chi connectivity index (χ1v) is 11.2. The maximum Gasteiger partial charge on any atom is 0.248 e. The van der Waals surface area contributed by atoms with Gasteiger partial charge in [0.15, 0.2) is 11.5 Å². The molecule has 1 saturated heterocycles. The fraction of sp³-hybridized carbons (Fsp3) is 0.423. The third kappa shape index (κ3) is 7.06. The standard InChI is InChI=1S/C26H34N2O3/c1-20(2)15-18-31-24-13-7-21(19-25(24)30-3)8-14-26(29)27-22-9-11-23(12-10-22)28-16-5-4-6-17-28/h7-14,19-20H,4-6,15-18H2,1-3H3,(H,27,29). The van der Waals surface area contributed by atoms with E-state index in [-0.39, 0.29) is 5.91 Å². The van der Waals surface area contributed by atoms with Crippen LogP contribution in [0.4, 0.5) is 11.4 Å². The van der Waals surface area contributed by atoms with Crippen molar-refractivity contribution in [2.24, 2.45) is 5.92 Å². The topological polar surface area (TPSA) is 50.8 Å². The zero-order valence-corrected chi connectivity index (χ0v) is 18.9. The largest absolute Gasteiger partial charge is 0.493 e. The molecule has 0 aromatic heterocycles. The van der Waals surface area contributed by atoms with E-state index in [0.29, 0.717) is 18.3 Å². The van der Waals surface area contributed by atoms with Gasteiger partial charge < -0.3 is 19.7 Å². The molecule has 166 valence electrons. The number of nitrogens with zero attached hydrogens (tertiary/aromatic N) is 1. The molecule has 1 aliphatic rings.